The molecule has 0 radical (unpaired) electrons. The zero-order valence-corrected chi connectivity index (χ0v) is 6.73. The van der Waals surface area contributed by atoms with Crippen molar-refractivity contribution in [2.75, 3.05) is 25.3 Å². The van der Waals surface area contributed by atoms with Gasteiger partial charge in [0.2, 0.25) is 0 Å². The predicted molar refractivity (Wildman–Crippen MR) is 41.6 cm³/mol. The average Bonchev–Trinajstić information content (AvgIpc) is 2.47. The number of nitrogens with two attached hydrogens (primary N) is 1. The largest absolute Gasteiger partial charge is 0.479 e. The van der Waals surface area contributed by atoms with Crippen molar-refractivity contribution in [3.8, 4) is 5.95 Å². The van der Waals surface area contributed by atoms with Crippen molar-refractivity contribution < 1.29 is 14.4 Å². The van der Waals surface area contributed by atoms with E-state index < -0.39 is 0 Å². The minimum Gasteiger partial charge on any atom is -0.479 e. The Morgan fingerprint density at radius 1 is 1.83 bits per heavy atom. The van der Waals surface area contributed by atoms with Crippen LogP contribution in [0.25, 0.3) is 0 Å². The lowest BCUT2D eigenvalue weighted by Crippen LogP contribution is -2.34. The number of aromatic hydroxyl groups is 1. The summed E-state index contributed by atoms with van der Waals surface area (Å²) in [5, 5.41) is 13.6. The van der Waals surface area contributed by atoms with Gasteiger partial charge in [0, 0.05) is 7.11 Å². The molecule has 0 atom stereocenters. The zero-order chi connectivity index (χ0) is 8.97. The quantitative estimate of drug-likeness (QED) is 0.480. The first-order valence-electron chi connectivity index (χ1n) is 3.41. The molecule has 3 N–H and O–H groups in total. The summed E-state index contributed by atoms with van der Waals surface area (Å²) in [5.41, 5.74) is 0. The molecule has 68 valence electrons. The Morgan fingerprint density at radius 2 is 2.58 bits per heavy atom. The van der Waals surface area contributed by atoms with Crippen molar-refractivity contribution in [2.45, 2.75) is 0 Å². The Balaban J connectivity index is 2.47. The van der Waals surface area contributed by atoms with Crippen LogP contribution in [-0.4, -0.2) is 30.5 Å². The van der Waals surface area contributed by atoms with E-state index in [1.807, 2.05) is 0 Å². The molecule has 0 aliphatic heterocycles. The van der Waals surface area contributed by atoms with Crippen LogP contribution < -0.4 is 10.9 Å². The fraction of sp³-hybridized carbons (Fsp3) is 0.500. The zero-order valence-electron chi connectivity index (χ0n) is 6.73. The van der Waals surface area contributed by atoms with Gasteiger partial charge in [0.25, 0.3) is 0 Å². The van der Waals surface area contributed by atoms with E-state index in [9.17, 15) is 0 Å². The van der Waals surface area contributed by atoms with Gasteiger partial charge >= 0.3 is 5.95 Å². The number of hydrogen-bond donors (Lipinski definition) is 2. The maximum Gasteiger partial charge on any atom is 0.310 e. The van der Waals surface area contributed by atoms with E-state index in [4.69, 9.17) is 15.7 Å². The lowest BCUT2D eigenvalue weighted by molar-refractivity contribution is 0.205. The first-order valence-corrected chi connectivity index (χ1v) is 3.41. The van der Waals surface area contributed by atoms with Gasteiger partial charge in [0.1, 0.15) is 0 Å². The highest BCUT2D eigenvalue weighted by Crippen LogP contribution is 2.15. The molecule has 12 heavy (non-hydrogen) atoms. The second-order valence-electron chi connectivity index (χ2n) is 2.21. The smallest absolute Gasteiger partial charge is 0.310 e. The molecule has 1 rings (SSSR count). The number of hydrazine groups is 1. The van der Waals surface area contributed by atoms with Crippen LogP contribution in [0, 0.1) is 0 Å². The minimum absolute atomic E-state index is 0.252. The summed E-state index contributed by atoms with van der Waals surface area (Å²) in [5.74, 6) is 5.64. The van der Waals surface area contributed by atoms with Gasteiger partial charge in [-0.15, -0.1) is 0 Å². The lowest BCUT2D eigenvalue weighted by Gasteiger charge is -2.12. The van der Waals surface area contributed by atoms with Crippen LogP contribution >= 0.6 is 0 Å². The minimum atomic E-state index is -0.252. The summed E-state index contributed by atoms with van der Waals surface area (Å²) in [4.78, 5) is 0. The summed E-state index contributed by atoms with van der Waals surface area (Å²) in [6, 6.07) is 1.33. The first kappa shape index (κ1) is 8.82. The standard InChI is InChI=1S/C6H11N3O3/c1-11-3-2-9(7)5-4-6(10)12-8-5/h4,10H,2-3,7H2,1H3. The van der Waals surface area contributed by atoms with Crippen LogP contribution in [0.4, 0.5) is 5.82 Å². The summed E-state index contributed by atoms with van der Waals surface area (Å²) in [6.07, 6.45) is 0. The molecule has 0 aliphatic carbocycles. The van der Waals surface area contributed by atoms with Crippen LogP contribution in [-0.2, 0) is 4.74 Å². The third-order valence-corrected chi connectivity index (χ3v) is 1.32. The van der Waals surface area contributed by atoms with Crippen molar-refractivity contribution in [1.82, 2.24) is 5.16 Å². The number of aromatic nitrogens is 1. The monoisotopic (exact) mass is 173 g/mol. The highest BCUT2D eigenvalue weighted by molar-refractivity contribution is 5.37. The van der Waals surface area contributed by atoms with Crippen LogP contribution in [0.15, 0.2) is 10.6 Å². The van der Waals surface area contributed by atoms with Gasteiger partial charge in [0.15, 0.2) is 5.82 Å². The van der Waals surface area contributed by atoms with Gasteiger partial charge in [-0.1, -0.05) is 5.16 Å². The van der Waals surface area contributed by atoms with E-state index in [-0.39, 0.29) is 5.95 Å². The van der Waals surface area contributed by atoms with E-state index >= 15 is 0 Å². The summed E-state index contributed by atoms with van der Waals surface area (Å²) in [6.45, 7) is 0.979. The van der Waals surface area contributed by atoms with E-state index in [0.29, 0.717) is 19.0 Å². The second-order valence-corrected chi connectivity index (χ2v) is 2.21. The van der Waals surface area contributed by atoms with Crippen molar-refractivity contribution in [2.24, 2.45) is 5.84 Å². The van der Waals surface area contributed by atoms with Crippen molar-refractivity contribution in [3.63, 3.8) is 0 Å². The molecule has 0 saturated heterocycles. The fourth-order valence-corrected chi connectivity index (χ4v) is 0.696. The van der Waals surface area contributed by atoms with E-state index in [2.05, 4.69) is 9.68 Å². The van der Waals surface area contributed by atoms with Crippen LogP contribution in [0.5, 0.6) is 5.95 Å². The van der Waals surface area contributed by atoms with Crippen molar-refractivity contribution >= 4 is 5.82 Å². The molecular formula is C6H11N3O3. The summed E-state index contributed by atoms with van der Waals surface area (Å²) < 4.78 is 9.21. The molecule has 0 bridgehead atoms. The molecular weight excluding hydrogens is 162 g/mol. The van der Waals surface area contributed by atoms with E-state index in [1.54, 1.807) is 7.11 Å². The number of hydrogen-bond acceptors (Lipinski definition) is 6. The number of ether oxygens (including phenoxy) is 1. The Hall–Kier alpha value is -1.27. The molecule has 6 nitrogen and oxygen atoms in total. The molecule has 1 heterocycles. The first-order chi connectivity index (χ1) is 5.74. The number of nitrogens with zero attached hydrogens (tertiary/aromatic N) is 2. The van der Waals surface area contributed by atoms with Crippen LogP contribution in [0.1, 0.15) is 0 Å². The van der Waals surface area contributed by atoms with E-state index in [0.717, 1.165) is 0 Å². The lowest BCUT2D eigenvalue weighted by atomic mass is 10.5. The third-order valence-electron chi connectivity index (χ3n) is 1.32. The average molecular weight is 173 g/mol. The van der Waals surface area contributed by atoms with Crippen LogP contribution in [0.3, 0.4) is 0 Å². The highest BCUT2D eigenvalue weighted by atomic mass is 16.5. The summed E-state index contributed by atoms with van der Waals surface area (Å²) in [7, 11) is 1.58. The molecule has 0 aromatic carbocycles. The predicted octanol–water partition coefficient (Wildman–Crippen LogP) is -0.293. The maximum atomic E-state index is 8.78. The van der Waals surface area contributed by atoms with Gasteiger partial charge in [-0.2, -0.15) is 0 Å². The normalized spacial score (nSPS) is 10.2. The Kier molecular flexibility index (Phi) is 2.89. The molecule has 0 spiro atoms. The Labute approximate surface area is 69.5 Å². The van der Waals surface area contributed by atoms with E-state index in [1.165, 1.54) is 11.1 Å². The number of rotatable bonds is 4. The van der Waals surface area contributed by atoms with Gasteiger partial charge in [0.05, 0.1) is 19.2 Å². The van der Waals surface area contributed by atoms with Crippen LogP contribution in [0.2, 0.25) is 0 Å². The number of methoxy groups -OCH3 is 1. The fourth-order valence-electron chi connectivity index (χ4n) is 0.696. The number of anilines is 1. The van der Waals surface area contributed by atoms with Crippen molar-refractivity contribution in [1.29, 1.82) is 0 Å². The SMILES string of the molecule is COCCN(N)c1cc(O)on1. The molecule has 1 aromatic rings. The van der Waals surface area contributed by atoms with Gasteiger partial charge < -0.3 is 14.4 Å². The Bertz CT molecular complexity index is 238. The van der Waals surface area contributed by atoms with Gasteiger partial charge in [-0.25, -0.2) is 5.84 Å². The molecule has 0 aliphatic rings. The molecule has 0 fully saturated rings. The highest BCUT2D eigenvalue weighted by Gasteiger charge is 2.06. The molecule has 0 saturated carbocycles. The van der Waals surface area contributed by atoms with Crippen molar-refractivity contribution in [3.05, 3.63) is 6.07 Å². The molecule has 6 heteroatoms. The maximum absolute atomic E-state index is 8.78. The van der Waals surface area contributed by atoms with Gasteiger partial charge in [-0.05, 0) is 0 Å². The Morgan fingerprint density at radius 3 is 3.08 bits per heavy atom. The molecule has 0 amide bonds. The second kappa shape index (κ2) is 3.93. The molecule has 1 aromatic heterocycles. The molecule has 0 unspecified atom stereocenters. The topological polar surface area (TPSA) is 84.8 Å². The van der Waals surface area contributed by atoms with Gasteiger partial charge in [-0.3, -0.25) is 5.01 Å². The third kappa shape index (κ3) is 2.11. The summed E-state index contributed by atoms with van der Waals surface area (Å²) >= 11 is 0.